The van der Waals surface area contributed by atoms with Crippen LogP contribution in [0.3, 0.4) is 0 Å². The molecule has 0 saturated carbocycles. The van der Waals surface area contributed by atoms with Crippen LogP contribution >= 0.6 is 0 Å². The molecular weight excluding hydrogens is 118 g/mol. The Bertz CT molecular complexity index is 30.6. The predicted molar refractivity (Wildman–Crippen MR) is 11.4 cm³/mol. The van der Waals surface area contributed by atoms with Crippen LogP contribution in [0.5, 0.6) is 0 Å². The van der Waals surface area contributed by atoms with Gasteiger partial charge in [-0.15, -0.1) is 0 Å². The molecule has 0 aliphatic carbocycles. The van der Waals surface area contributed by atoms with Crippen LogP contribution in [0.2, 0.25) is 0 Å². The van der Waals surface area contributed by atoms with Crippen LogP contribution in [-0.4, -0.2) is 0 Å². The van der Waals surface area contributed by atoms with E-state index in [-0.39, 0.29) is 17.1 Å². The van der Waals surface area contributed by atoms with Crippen molar-refractivity contribution in [1.82, 2.24) is 0 Å². The smallest absolute Gasteiger partial charge is 0.174 e. The van der Waals surface area contributed by atoms with E-state index in [0.29, 0.717) is 0 Å². The van der Waals surface area contributed by atoms with E-state index in [0.717, 1.165) is 0 Å². The summed E-state index contributed by atoms with van der Waals surface area (Å²) in [6.45, 7) is 2.22. The van der Waals surface area contributed by atoms with Crippen molar-refractivity contribution >= 4 is 0 Å². The van der Waals surface area contributed by atoms with E-state index in [9.17, 15) is 8.78 Å². The van der Waals surface area contributed by atoms with Gasteiger partial charge in [0.25, 0.3) is 6.08 Å². The van der Waals surface area contributed by atoms with Crippen molar-refractivity contribution in [1.29, 1.82) is 0 Å². The molecule has 0 aromatic carbocycles. The molecule has 0 amide bonds. The summed E-state index contributed by atoms with van der Waals surface area (Å²) in [6.07, 6.45) is -1.83. The van der Waals surface area contributed by atoms with Gasteiger partial charge < -0.3 is 0 Å². The Kier molecular flexibility index (Phi) is 7.36. The summed E-state index contributed by atoms with van der Waals surface area (Å²) in [5.41, 5.74) is 0. The molecule has 0 rings (SSSR count). The molecule has 0 nitrogen and oxygen atoms in total. The second kappa shape index (κ2) is 4.12. The molecule has 0 saturated heterocycles. The molecule has 0 bridgehead atoms. The Morgan fingerprint density at radius 1 is 1.40 bits per heavy atom. The molecule has 0 N–H and O–H groups in total. The van der Waals surface area contributed by atoms with Crippen molar-refractivity contribution in [2.24, 2.45) is 0 Å². The topological polar surface area (TPSA) is 0 Å². The zero-order valence-corrected chi connectivity index (χ0v) is 3.42. The predicted octanol–water partition coefficient (Wildman–Crippen LogP) is 1.39. The fourth-order valence-corrected chi connectivity index (χ4v) is 0. The van der Waals surface area contributed by atoms with Gasteiger partial charge in [0.15, 0.2) is 0 Å². The van der Waals surface area contributed by atoms with Crippen molar-refractivity contribution < 1.29 is 25.8 Å². The first kappa shape index (κ1) is 8.93. The zero-order valence-electron chi connectivity index (χ0n) is 2.32. The van der Waals surface area contributed by atoms with E-state index in [1.807, 2.05) is 0 Å². The summed E-state index contributed by atoms with van der Waals surface area (Å²) in [6, 6.07) is 0. The van der Waals surface area contributed by atoms with E-state index >= 15 is 0 Å². The minimum Gasteiger partial charge on any atom is -0.174 e. The van der Waals surface area contributed by atoms with E-state index in [2.05, 4.69) is 6.58 Å². The quantitative estimate of drug-likeness (QED) is 0.423. The molecule has 0 fully saturated rings. The molecule has 5 heavy (non-hydrogen) atoms. The van der Waals surface area contributed by atoms with E-state index < -0.39 is 6.08 Å². The van der Waals surface area contributed by atoms with Crippen LogP contribution in [0.4, 0.5) is 8.78 Å². The van der Waals surface area contributed by atoms with Gasteiger partial charge in [0.1, 0.15) is 0 Å². The van der Waals surface area contributed by atoms with E-state index in [4.69, 9.17) is 0 Å². The van der Waals surface area contributed by atoms with Gasteiger partial charge in [0.05, 0.1) is 0 Å². The van der Waals surface area contributed by atoms with Gasteiger partial charge in [-0.05, 0) is 6.58 Å². The molecule has 0 atom stereocenters. The molecule has 0 aliphatic rings. The second-order valence-corrected chi connectivity index (χ2v) is 0.339. The number of hydrogen-bond donors (Lipinski definition) is 0. The molecule has 0 unspecified atom stereocenters. The van der Waals surface area contributed by atoms with Gasteiger partial charge in [-0.3, -0.25) is 0 Å². The average molecular weight is 120 g/mol. The first-order valence-corrected chi connectivity index (χ1v) is 0.732. The molecular formula is C2H2F2Fe. The van der Waals surface area contributed by atoms with Gasteiger partial charge in [-0.1, -0.05) is 0 Å². The van der Waals surface area contributed by atoms with Crippen molar-refractivity contribution in [3.05, 3.63) is 12.7 Å². The first-order valence-electron chi connectivity index (χ1n) is 0.732. The van der Waals surface area contributed by atoms with Crippen LogP contribution in [0.1, 0.15) is 0 Å². The van der Waals surface area contributed by atoms with Crippen LogP contribution in [0.15, 0.2) is 12.7 Å². The van der Waals surface area contributed by atoms with Gasteiger partial charge in [-0.25, -0.2) is 0 Å². The normalized spacial score (nSPS) is 5.20. The fraction of sp³-hybridized carbons (Fsp3) is 0. The van der Waals surface area contributed by atoms with Crippen molar-refractivity contribution in [3.63, 3.8) is 0 Å². The third-order valence-corrected chi connectivity index (χ3v) is 0. The maximum absolute atomic E-state index is 10.1. The Morgan fingerprint density at radius 3 is 1.40 bits per heavy atom. The van der Waals surface area contributed by atoms with Crippen molar-refractivity contribution in [3.8, 4) is 0 Å². The molecule has 0 heterocycles. The third kappa shape index (κ3) is 1300. The number of halogens is 2. The summed E-state index contributed by atoms with van der Waals surface area (Å²) in [4.78, 5) is 0. The molecule has 0 aromatic heterocycles. The van der Waals surface area contributed by atoms with Gasteiger partial charge >= 0.3 is 0 Å². The summed E-state index contributed by atoms with van der Waals surface area (Å²) in [7, 11) is 0. The minimum absolute atomic E-state index is 0. The average Bonchev–Trinajstić information content (AvgIpc) is 0.811. The molecule has 3 heteroatoms. The van der Waals surface area contributed by atoms with E-state index in [1.165, 1.54) is 0 Å². The summed E-state index contributed by atoms with van der Waals surface area (Å²) in [5, 5.41) is 0. The van der Waals surface area contributed by atoms with Crippen LogP contribution in [0.25, 0.3) is 0 Å². The number of hydrogen-bond acceptors (Lipinski definition) is 0. The Hall–Kier alpha value is 0.119. The molecule has 0 aliphatic heterocycles. The first-order chi connectivity index (χ1) is 1.73. The largest absolute Gasteiger partial charge is 0.263 e. The molecule has 0 radical (unpaired) electrons. The Balaban J connectivity index is 0. The van der Waals surface area contributed by atoms with Crippen LogP contribution in [0, 0.1) is 0 Å². The third-order valence-electron chi connectivity index (χ3n) is 0. The Morgan fingerprint density at radius 2 is 1.40 bits per heavy atom. The minimum atomic E-state index is -1.83. The number of rotatable bonds is 0. The van der Waals surface area contributed by atoms with E-state index in [1.54, 1.807) is 0 Å². The molecule has 32 valence electrons. The summed E-state index contributed by atoms with van der Waals surface area (Å²) >= 11 is 0. The van der Waals surface area contributed by atoms with Crippen LogP contribution in [-0.2, 0) is 17.1 Å². The Labute approximate surface area is 39.3 Å². The maximum atomic E-state index is 10.1. The second-order valence-electron chi connectivity index (χ2n) is 0.339. The van der Waals surface area contributed by atoms with Crippen molar-refractivity contribution in [2.45, 2.75) is 0 Å². The van der Waals surface area contributed by atoms with Crippen molar-refractivity contribution in [2.75, 3.05) is 0 Å². The van der Waals surface area contributed by atoms with Crippen LogP contribution < -0.4 is 0 Å². The maximum Gasteiger partial charge on any atom is 0.263 e. The summed E-state index contributed by atoms with van der Waals surface area (Å²) < 4.78 is 20.3. The van der Waals surface area contributed by atoms with Gasteiger partial charge in [0.2, 0.25) is 0 Å². The SMILES string of the molecule is C=C(F)F.[Fe]. The van der Waals surface area contributed by atoms with Gasteiger partial charge in [0, 0.05) is 17.1 Å². The standard InChI is InChI=1S/C2H2F2.Fe/c1-2(3)4;/h1H2;. The summed E-state index contributed by atoms with van der Waals surface area (Å²) in [5.74, 6) is 0. The van der Waals surface area contributed by atoms with Gasteiger partial charge in [-0.2, -0.15) is 8.78 Å². The fourth-order valence-electron chi connectivity index (χ4n) is 0. The zero-order chi connectivity index (χ0) is 3.58. The molecule has 0 spiro atoms. The monoisotopic (exact) mass is 120 g/mol. The molecule has 0 aromatic rings.